The van der Waals surface area contributed by atoms with E-state index in [9.17, 15) is 14.9 Å². The Hall–Kier alpha value is -2.48. The summed E-state index contributed by atoms with van der Waals surface area (Å²) in [7, 11) is 0. The molecule has 0 atom stereocenters. The predicted octanol–water partition coefficient (Wildman–Crippen LogP) is 2.71. The van der Waals surface area contributed by atoms with Crippen LogP contribution in [0.15, 0.2) is 23.6 Å². The van der Waals surface area contributed by atoms with Crippen molar-refractivity contribution in [3.63, 3.8) is 0 Å². The Morgan fingerprint density at radius 2 is 2.29 bits per heavy atom. The molecular weight excluding hydrogens is 294 g/mol. The molecule has 1 aromatic carbocycles. The highest BCUT2D eigenvalue weighted by Gasteiger charge is 2.23. The fourth-order valence-corrected chi connectivity index (χ4v) is 2.65. The van der Waals surface area contributed by atoms with Crippen LogP contribution in [0.1, 0.15) is 21.1 Å². The number of hydrogen-bond acceptors (Lipinski definition) is 6. The average molecular weight is 307 g/mol. The van der Waals surface area contributed by atoms with Crippen molar-refractivity contribution in [3.05, 3.63) is 50.0 Å². The Kier molecular flexibility index (Phi) is 4.49. The first-order valence-electron chi connectivity index (χ1n) is 6.14. The van der Waals surface area contributed by atoms with E-state index in [1.165, 1.54) is 29.5 Å². The lowest BCUT2D eigenvalue weighted by molar-refractivity contribution is -0.384. The second kappa shape index (κ2) is 6.31. The van der Waals surface area contributed by atoms with Crippen LogP contribution in [-0.2, 0) is 6.42 Å². The summed E-state index contributed by atoms with van der Waals surface area (Å²) >= 11 is 1.52. The largest absolute Gasteiger partial charge is 0.477 e. The molecule has 0 bridgehead atoms. The summed E-state index contributed by atoms with van der Waals surface area (Å²) in [5, 5.41) is 25.9. The Bertz CT molecular complexity index is 684. The van der Waals surface area contributed by atoms with Crippen LogP contribution in [0.25, 0.3) is 0 Å². The van der Waals surface area contributed by atoms with Gasteiger partial charge in [0.1, 0.15) is 11.3 Å². The molecule has 0 unspecified atom stereocenters. The third-order valence-corrected chi connectivity index (χ3v) is 3.80. The molecule has 110 valence electrons. The number of thiazole rings is 1. The van der Waals surface area contributed by atoms with Gasteiger partial charge in [0.2, 0.25) is 0 Å². The van der Waals surface area contributed by atoms with E-state index < -0.39 is 16.6 Å². The van der Waals surface area contributed by atoms with E-state index in [1.54, 1.807) is 0 Å². The number of nitrogens with zero attached hydrogens (tertiary/aromatic N) is 2. The third-order valence-electron chi connectivity index (χ3n) is 2.77. The summed E-state index contributed by atoms with van der Waals surface area (Å²) < 4.78 is 0. The molecule has 21 heavy (non-hydrogen) atoms. The van der Waals surface area contributed by atoms with Crippen molar-refractivity contribution in [2.75, 3.05) is 11.9 Å². The number of anilines is 1. The number of aromatic carboxylic acids is 1. The smallest absolute Gasteiger partial charge is 0.342 e. The Balaban J connectivity index is 2.14. The number of carbonyl (C=O) groups is 1. The van der Waals surface area contributed by atoms with Crippen molar-refractivity contribution in [2.24, 2.45) is 0 Å². The summed E-state index contributed by atoms with van der Waals surface area (Å²) in [6.07, 6.45) is 0.618. The van der Waals surface area contributed by atoms with Crippen molar-refractivity contribution >= 4 is 28.7 Å². The van der Waals surface area contributed by atoms with E-state index in [1.807, 2.05) is 12.3 Å². The van der Waals surface area contributed by atoms with Gasteiger partial charge in [-0.15, -0.1) is 11.3 Å². The molecule has 2 N–H and O–H groups in total. The van der Waals surface area contributed by atoms with Crippen LogP contribution < -0.4 is 5.32 Å². The molecule has 2 aromatic rings. The molecule has 0 aliphatic carbocycles. The molecule has 0 spiro atoms. The lowest BCUT2D eigenvalue weighted by Crippen LogP contribution is -2.10. The normalized spacial score (nSPS) is 10.3. The molecule has 0 aliphatic heterocycles. The highest BCUT2D eigenvalue weighted by atomic mass is 32.1. The SMILES string of the molecule is Cc1csc(CCNc2cccc(C(=O)O)c2[N+](=O)[O-])n1. The molecule has 0 radical (unpaired) electrons. The van der Waals surface area contributed by atoms with Crippen LogP contribution >= 0.6 is 11.3 Å². The van der Waals surface area contributed by atoms with Gasteiger partial charge in [0, 0.05) is 24.0 Å². The van der Waals surface area contributed by atoms with E-state index in [0.29, 0.717) is 13.0 Å². The van der Waals surface area contributed by atoms with Crippen LogP contribution in [0, 0.1) is 17.0 Å². The van der Waals surface area contributed by atoms with E-state index in [4.69, 9.17) is 5.11 Å². The van der Waals surface area contributed by atoms with Gasteiger partial charge in [-0.25, -0.2) is 9.78 Å². The Morgan fingerprint density at radius 3 is 2.86 bits per heavy atom. The zero-order chi connectivity index (χ0) is 15.4. The summed E-state index contributed by atoms with van der Waals surface area (Å²) in [6.45, 7) is 2.34. The number of nitro benzene ring substituents is 1. The van der Waals surface area contributed by atoms with Gasteiger partial charge in [0.15, 0.2) is 0 Å². The zero-order valence-electron chi connectivity index (χ0n) is 11.2. The quantitative estimate of drug-likeness (QED) is 0.628. The van der Waals surface area contributed by atoms with Crippen molar-refractivity contribution in [1.82, 2.24) is 4.98 Å². The Labute approximate surface area is 124 Å². The van der Waals surface area contributed by atoms with Gasteiger partial charge in [-0.05, 0) is 19.1 Å². The monoisotopic (exact) mass is 307 g/mol. The molecule has 0 amide bonds. The third kappa shape index (κ3) is 3.54. The van der Waals surface area contributed by atoms with Gasteiger partial charge < -0.3 is 10.4 Å². The number of carboxylic acids is 1. The van der Waals surface area contributed by atoms with Gasteiger partial charge in [-0.2, -0.15) is 0 Å². The summed E-state index contributed by atoms with van der Waals surface area (Å²) in [6, 6.07) is 4.19. The molecule has 1 heterocycles. The van der Waals surface area contributed by atoms with Gasteiger partial charge in [-0.1, -0.05) is 6.07 Å². The van der Waals surface area contributed by atoms with Crippen LogP contribution in [0.3, 0.4) is 0 Å². The van der Waals surface area contributed by atoms with Gasteiger partial charge >= 0.3 is 11.7 Å². The first-order chi connectivity index (χ1) is 9.99. The summed E-state index contributed by atoms with van der Waals surface area (Å²) in [5.41, 5.74) is 0.400. The predicted molar refractivity (Wildman–Crippen MR) is 79.1 cm³/mol. The average Bonchev–Trinajstić information content (AvgIpc) is 2.83. The first kappa shape index (κ1) is 14.9. The molecule has 0 saturated carbocycles. The number of nitro groups is 1. The zero-order valence-corrected chi connectivity index (χ0v) is 12.0. The van der Waals surface area contributed by atoms with Crippen molar-refractivity contribution in [2.45, 2.75) is 13.3 Å². The number of para-hydroxylation sites is 1. The van der Waals surface area contributed by atoms with Crippen molar-refractivity contribution in [1.29, 1.82) is 0 Å². The minimum Gasteiger partial charge on any atom is -0.477 e. The maximum absolute atomic E-state index is 11.1. The fourth-order valence-electron chi connectivity index (χ4n) is 1.88. The maximum Gasteiger partial charge on any atom is 0.342 e. The standard InChI is InChI=1S/C13H13N3O4S/c1-8-7-21-11(15-8)5-6-14-10-4-2-3-9(13(17)18)12(10)16(19)20/h2-4,7,14H,5-6H2,1H3,(H,17,18). The second-order valence-corrected chi connectivity index (χ2v) is 5.27. The van der Waals surface area contributed by atoms with E-state index in [-0.39, 0.29) is 11.3 Å². The highest BCUT2D eigenvalue weighted by Crippen LogP contribution is 2.28. The topological polar surface area (TPSA) is 105 Å². The molecule has 7 nitrogen and oxygen atoms in total. The summed E-state index contributed by atoms with van der Waals surface area (Å²) in [5.74, 6) is -1.32. The van der Waals surface area contributed by atoms with Crippen LogP contribution in [0.2, 0.25) is 0 Å². The number of aromatic nitrogens is 1. The van der Waals surface area contributed by atoms with Gasteiger partial charge in [-0.3, -0.25) is 10.1 Å². The molecule has 0 saturated heterocycles. The van der Waals surface area contributed by atoms with Crippen LogP contribution in [-0.4, -0.2) is 27.5 Å². The van der Waals surface area contributed by atoms with Crippen LogP contribution in [0.5, 0.6) is 0 Å². The Morgan fingerprint density at radius 1 is 1.52 bits per heavy atom. The van der Waals surface area contributed by atoms with Gasteiger partial charge in [0.05, 0.1) is 9.93 Å². The maximum atomic E-state index is 11.1. The van der Waals surface area contributed by atoms with Gasteiger partial charge in [0.25, 0.3) is 0 Å². The number of benzene rings is 1. The fraction of sp³-hybridized carbons (Fsp3) is 0.231. The lowest BCUT2D eigenvalue weighted by Gasteiger charge is -2.07. The molecule has 2 rings (SSSR count). The van der Waals surface area contributed by atoms with E-state index >= 15 is 0 Å². The number of carboxylic acid groups (broad SMARTS) is 1. The van der Waals surface area contributed by atoms with Crippen LogP contribution in [0.4, 0.5) is 11.4 Å². The van der Waals surface area contributed by atoms with Crippen molar-refractivity contribution < 1.29 is 14.8 Å². The highest BCUT2D eigenvalue weighted by molar-refractivity contribution is 7.09. The molecule has 0 fully saturated rings. The number of rotatable bonds is 6. The molecule has 1 aromatic heterocycles. The second-order valence-electron chi connectivity index (χ2n) is 4.32. The minimum atomic E-state index is -1.32. The van der Waals surface area contributed by atoms with Crippen molar-refractivity contribution in [3.8, 4) is 0 Å². The number of nitrogens with one attached hydrogen (secondary N) is 1. The number of aryl methyl sites for hydroxylation is 1. The lowest BCUT2D eigenvalue weighted by atomic mass is 10.1. The molecule has 8 heteroatoms. The van der Waals surface area contributed by atoms with E-state index in [2.05, 4.69) is 10.3 Å². The summed E-state index contributed by atoms with van der Waals surface area (Å²) in [4.78, 5) is 25.7. The minimum absolute atomic E-state index is 0.202. The molecular formula is C13H13N3O4S. The van der Waals surface area contributed by atoms with E-state index in [0.717, 1.165) is 10.7 Å². The number of hydrogen-bond donors (Lipinski definition) is 2. The first-order valence-corrected chi connectivity index (χ1v) is 7.02. The molecule has 0 aliphatic rings.